The van der Waals surface area contributed by atoms with E-state index in [0.717, 1.165) is 21.3 Å². The number of fused-ring (bicyclic) bond motifs is 1. The number of carbonyl (C=O) groups excluding carboxylic acids is 1. The minimum atomic E-state index is -3.71. The van der Waals surface area contributed by atoms with E-state index in [9.17, 15) is 13.2 Å². The van der Waals surface area contributed by atoms with Crippen molar-refractivity contribution in [1.82, 2.24) is 0 Å². The Morgan fingerprint density at radius 2 is 1.75 bits per heavy atom. The van der Waals surface area contributed by atoms with Crippen molar-refractivity contribution in [3.63, 3.8) is 0 Å². The third kappa shape index (κ3) is 4.29. The predicted octanol–water partition coefficient (Wildman–Crippen LogP) is 4.68. The number of amides is 1. The second-order valence-corrected chi connectivity index (χ2v) is 8.77. The maximum Gasteiger partial charge on any atom is 0.248 e. The molecule has 0 heterocycles. The van der Waals surface area contributed by atoms with Crippen LogP contribution in [0, 0.1) is 0 Å². The van der Waals surface area contributed by atoms with Gasteiger partial charge in [0.2, 0.25) is 15.9 Å². The third-order valence-electron chi connectivity index (χ3n) is 4.44. The summed E-state index contributed by atoms with van der Waals surface area (Å²) in [5, 5.41) is 5.17. The summed E-state index contributed by atoms with van der Waals surface area (Å²) in [7, 11) is -3.71. The van der Waals surface area contributed by atoms with Gasteiger partial charge in [-0.3, -0.25) is 9.10 Å². The zero-order valence-corrected chi connectivity index (χ0v) is 17.2. The average molecular weight is 417 g/mol. The number of hydrogen-bond donors (Lipinski definition) is 1. The Morgan fingerprint density at radius 3 is 2.43 bits per heavy atom. The summed E-state index contributed by atoms with van der Waals surface area (Å²) in [6.45, 7) is 1.77. The van der Waals surface area contributed by atoms with Crippen LogP contribution < -0.4 is 9.62 Å². The van der Waals surface area contributed by atoms with E-state index in [1.54, 1.807) is 31.2 Å². The van der Waals surface area contributed by atoms with E-state index in [1.165, 1.54) is 6.07 Å². The molecule has 1 amide bonds. The normalized spacial score (nSPS) is 12.5. The molecule has 0 aromatic heterocycles. The molecule has 0 radical (unpaired) electrons. The molecule has 5 nitrogen and oxygen atoms in total. The van der Waals surface area contributed by atoms with E-state index < -0.39 is 22.0 Å². The van der Waals surface area contributed by atoms with Gasteiger partial charge < -0.3 is 5.32 Å². The molecule has 0 saturated heterocycles. The second-order valence-electron chi connectivity index (χ2n) is 6.48. The van der Waals surface area contributed by atoms with Crippen LogP contribution in [0.3, 0.4) is 0 Å². The minimum Gasteiger partial charge on any atom is -0.324 e. The van der Waals surface area contributed by atoms with E-state index in [4.69, 9.17) is 11.6 Å². The summed E-state index contributed by atoms with van der Waals surface area (Å²) in [5.74, 6) is -0.399. The average Bonchev–Trinajstić information content (AvgIpc) is 2.65. The Morgan fingerprint density at radius 1 is 1.07 bits per heavy atom. The topological polar surface area (TPSA) is 66.5 Å². The van der Waals surface area contributed by atoms with Crippen LogP contribution in [0.2, 0.25) is 5.02 Å². The van der Waals surface area contributed by atoms with E-state index in [0.29, 0.717) is 22.8 Å². The summed E-state index contributed by atoms with van der Waals surface area (Å²) in [6.07, 6.45) is 1.39. The Labute approximate surface area is 170 Å². The molecule has 0 aliphatic carbocycles. The number of benzene rings is 3. The van der Waals surface area contributed by atoms with Gasteiger partial charge in [-0.15, -0.1) is 0 Å². The highest BCUT2D eigenvalue weighted by molar-refractivity contribution is 7.92. The van der Waals surface area contributed by atoms with Gasteiger partial charge in [0.05, 0.1) is 11.9 Å². The molecule has 3 aromatic rings. The van der Waals surface area contributed by atoms with Crippen molar-refractivity contribution >= 4 is 49.7 Å². The Balaban J connectivity index is 1.99. The molecule has 3 rings (SSSR count). The summed E-state index contributed by atoms with van der Waals surface area (Å²) in [4.78, 5) is 13.1. The number of rotatable bonds is 6. The molecular formula is C21H21ClN2O3S. The maximum atomic E-state index is 13.1. The van der Waals surface area contributed by atoms with Gasteiger partial charge in [-0.2, -0.15) is 0 Å². The quantitative estimate of drug-likeness (QED) is 0.634. The molecule has 1 N–H and O–H groups in total. The van der Waals surface area contributed by atoms with E-state index >= 15 is 0 Å². The van der Waals surface area contributed by atoms with Crippen LogP contribution >= 0.6 is 11.6 Å². The van der Waals surface area contributed by atoms with Crippen LogP contribution in [-0.4, -0.2) is 26.6 Å². The Hall–Kier alpha value is -2.57. The summed E-state index contributed by atoms with van der Waals surface area (Å²) in [6, 6.07) is 18.9. The van der Waals surface area contributed by atoms with Gasteiger partial charge in [-0.05, 0) is 36.1 Å². The van der Waals surface area contributed by atoms with Crippen molar-refractivity contribution in [2.75, 3.05) is 15.9 Å². The van der Waals surface area contributed by atoms with Crippen molar-refractivity contribution in [3.05, 3.63) is 71.8 Å². The fourth-order valence-corrected chi connectivity index (χ4v) is 4.61. The molecule has 1 atom stereocenters. The third-order valence-corrected chi connectivity index (χ3v) is 5.85. The molecule has 0 bridgehead atoms. The summed E-state index contributed by atoms with van der Waals surface area (Å²) in [5.41, 5.74) is 0.996. The maximum absolute atomic E-state index is 13.1. The zero-order valence-electron chi connectivity index (χ0n) is 15.6. The number of carbonyl (C=O) groups is 1. The number of hydrogen-bond acceptors (Lipinski definition) is 3. The number of halogens is 1. The second kappa shape index (κ2) is 8.20. The van der Waals surface area contributed by atoms with E-state index in [1.807, 2.05) is 36.4 Å². The van der Waals surface area contributed by atoms with Gasteiger partial charge in [0.15, 0.2) is 0 Å². The highest BCUT2D eigenvalue weighted by Gasteiger charge is 2.31. The fourth-order valence-electron chi connectivity index (χ4n) is 3.22. The zero-order chi connectivity index (χ0) is 20.3. The molecule has 0 spiro atoms. The van der Waals surface area contributed by atoms with Gasteiger partial charge in [-0.1, -0.05) is 61.0 Å². The lowest BCUT2D eigenvalue weighted by molar-refractivity contribution is -0.117. The van der Waals surface area contributed by atoms with Crippen LogP contribution in [-0.2, 0) is 14.8 Å². The van der Waals surface area contributed by atoms with Gasteiger partial charge in [0.25, 0.3) is 0 Å². The number of nitrogens with zero attached hydrogens (tertiary/aromatic N) is 1. The standard InChI is InChI=1S/C21H21ClN2O3S/c1-3-20(24(28(2,26)27)17-11-7-10-16(22)14-17)21(25)23-19-13-6-9-15-8-4-5-12-18(15)19/h4-14,20H,3H2,1-2H3,(H,23,25). The number of nitrogens with one attached hydrogen (secondary N) is 1. The first-order valence-electron chi connectivity index (χ1n) is 8.85. The SMILES string of the molecule is CCC(C(=O)Nc1cccc2ccccc12)N(c1cccc(Cl)c1)S(C)(=O)=O. The Bertz CT molecular complexity index is 1110. The molecule has 0 saturated carbocycles. The summed E-state index contributed by atoms with van der Waals surface area (Å²) < 4.78 is 26.2. The Kier molecular flexibility index (Phi) is 5.91. The fraction of sp³-hybridized carbons (Fsp3) is 0.190. The van der Waals surface area contributed by atoms with Crippen molar-refractivity contribution in [3.8, 4) is 0 Å². The van der Waals surface area contributed by atoms with Gasteiger partial charge >= 0.3 is 0 Å². The number of sulfonamides is 1. The predicted molar refractivity (Wildman–Crippen MR) is 115 cm³/mol. The van der Waals surface area contributed by atoms with Gasteiger partial charge in [0.1, 0.15) is 6.04 Å². The van der Waals surface area contributed by atoms with Crippen LogP contribution in [0.5, 0.6) is 0 Å². The molecule has 3 aromatic carbocycles. The molecule has 0 aliphatic rings. The molecule has 0 aliphatic heterocycles. The van der Waals surface area contributed by atoms with Crippen LogP contribution in [0.25, 0.3) is 10.8 Å². The first-order valence-corrected chi connectivity index (χ1v) is 11.1. The largest absolute Gasteiger partial charge is 0.324 e. The van der Waals surface area contributed by atoms with E-state index in [2.05, 4.69) is 5.32 Å². The monoisotopic (exact) mass is 416 g/mol. The highest BCUT2D eigenvalue weighted by Crippen LogP contribution is 2.27. The van der Waals surface area contributed by atoms with Crippen molar-refractivity contribution in [2.24, 2.45) is 0 Å². The highest BCUT2D eigenvalue weighted by atomic mass is 35.5. The van der Waals surface area contributed by atoms with Crippen molar-refractivity contribution < 1.29 is 13.2 Å². The van der Waals surface area contributed by atoms with E-state index in [-0.39, 0.29) is 0 Å². The van der Waals surface area contributed by atoms with Crippen molar-refractivity contribution in [2.45, 2.75) is 19.4 Å². The molecule has 7 heteroatoms. The van der Waals surface area contributed by atoms with Crippen LogP contribution in [0.1, 0.15) is 13.3 Å². The lowest BCUT2D eigenvalue weighted by Crippen LogP contribution is -2.47. The smallest absolute Gasteiger partial charge is 0.248 e. The molecule has 1 unspecified atom stereocenters. The first kappa shape index (κ1) is 20.2. The lowest BCUT2D eigenvalue weighted by atomic mass is 10.1. The molecule has 146 valence electrons. The van der Waals surface area contributed by atoms with Crippen LogP contribution in [0.15, 0.2) is 66.7 Å². The van der Waals surface area contributed by atoms with Crippen molar-refractivity contribution in [1.29, 1.82) is 0 Å². The van der Waals surface area contributed by atoms with Crippen LogP contribution in [0.4, 0.5) is 11.4 Å². The molecule has 0 fully saturated rings. The first-order chi connectivity index (χ1) is 13.3. The number of anilines is 2. The molecular weight excluding hydrogens is 396 g/mol. The van der Waals surface area contributed by atoms with Gasteiger partial charge in [0, 0.05) is 16.1 Å². The molecule has 28 heavy (non-hydrogen) atoms. The summed E-state index contributed by atoms with van der Waals surface area (Å²) >= 11 is 6.04. The van der Waals surface area contributed by atoms with Gasteiger partial charge in [-0.25, -0.2) is 8.42 Å². The minimum absolute atomic E-state index is 0.302. The lowest BCUT2D eigenvalue weighted by Gasteiger charge is -2.30.